The largest absolute Gasteiger partial charge is 0.494 e. The van der Waals surface area contributed by atoms with Gasteiger partial charge in [-0.1, -0.05) is 26.2 Å². The van der Waals surface area contributed by atoms with Crippen molar-refractivity contribution >= 4 is 28.9 Å². The second-order valence-electron chi connectivity index (χ2n) is 8.99. The summed E-state index contributed by atoms with van der Waals surface area (Å²) >= 11 is 0. The number of hydrogen-bond acceptors (Lipinski definition) is 7. The van der Waals surface area contributed by atoms with Gasteiger partial charge in [0, 0.05) is 44.0 Å². The van der Waals surface area contributed by atoms with Gasteiger partial charge in [0.05, 0.1) is 29.7 Å². The van der Waals surface area contributed by atoms with Gasteiger partial charge in [-0.25, -0.2) is 4.90 Å². The van der Waals surface area contributed by atoms with Crippen LogP contribution in [0.2, 0.25) is 0 Å². The molecule has 2 aliphatic rings. The fraction of sp³-hybridized carbons (Fsp3) is 0.462. The number of imide groups is 1. The summed E-state index contributed by atoms with van der Waals surface area (Å²) < 4.78 is 5.77. The van der Waals surface area contributed by atoms with Crippen LogP contribution in [0.5, 0.6) is 5.75 Å². The third kappa shape index (κ3) is 5.79. The molecule has 0 N–H and O–H groups in total. The number of hydrogen-bond donors (Lipinski definition) is 0. The number of anilines is 2. The Morgan fingerprint density at radius 3 is 2.20 bits per heavy atom. The summed E-state index contributed by atoms with van der Waals surface area (Å²) in [5.74, 6) is 0.362. The number of carbonyl (C=O) groups is 2. The summed E-state index contributed by atoms with van der Waals surface area (Å²) in [5.41, 5.74) is 1.55. The zero-order valence-electron chi connectivity index (χ0n) is 20.1. The molecule has 0 radical (unpaired) electrons. The first-order valence-corrected chi connectivity index (χ1v) is 12.3. The van der Waals surface area contributed by atoms with Crippen LogP contribution in [0.15, 0.2) is 48.5 Å². The fourth-order valence-corrected chi connectivity index (χ4v) is 4.66. The van der Waals surface area contributed by atoms with Crippen molar-refractivity contribution < 1.29 is 19.2 Å². The van der Waals surface area contributed by atoms with Gasteiger partial charge in [-0.3, -0.25) is 24.6 Å². The van der Waals surface area contributed by atoms with E-state index < -0.39 is 11.0 Å². The number of ether oxygens (including phenoxy) is 1. The number of nitro groups is 1. The fourth-order valence-electron chi connectivity index (χ4n) is 4.66. The SMILES string of the molecule is CCCCCCOc1ccc(N2C(=O)C[C@@H](N3CCN(c4ccc([N+](=O)[O-])cc4)CC3)C2=O)cc1. The highest BCUT2D eigenvalue weighted by Crippen LogP contribution is 2.29. The summed E-state index contributed by atoms with van der Waals surface area (Å²) in [4.78, 5) is 41.9. The Morgan fingerprint density at radius 2 is 1.57 bits per heavy atom. The number of piperazine rings is 1. The highest BCUT2D eigenvalue weighted by atomic mass is 16.6. The van der Waals surface area contributed by atoms with Crippen LogP contribution in [0.3, 0.4) is 0 Å². The molecule has 2 fully saturated rings. The maximum atomic E-state index is 13.2. The predicted molar refractivity (Wildman–Crippen MR) is 134 cm³/mol. The molecule has 0 unspecified atom stereocenters. The zero-order chi connectivity index (χ0) is 24.8. The van der Waals surface area contributed by atoms with E-state index in [9.17, 15) is 19.7 Å². The molecule has 2 saturated heterocycles. The molecule has 9 nitrogen and oxygen atoms in total. The molecule has 2 aromatic rings. The minimum Gasteiger partial charge on any atom is -0.494 e. The minimum atomic E-state index is -0.462. The van der Waals surface area contributed by atoms with Crippen molar-refractivity contribution in [2.75, 3.05) is 42.6 Å². The lowest BCUT2D eigenvalue weighted by molar-refractivity contribution is -0.384. The first-order chi connectivity index (χ1) is 17.0. The van der Waals surface area contributed by atoms with Gasteiger partial charge in [0.2, 0.25) is 5.91 Å². The van der Waals surface area contributed by atoms with Gasteiger partial charge in [0.15, 0.2) is 0 Å². The topological polar surface area (TPSA) is 96.2 Å². The second kappa shape index (κ2) is 11.3. The Labute approximate surface area is 205 Å². The smallest absolute Gasteiger partial charge is 0.269 e. The highest BCUT2D eigenvalue weighted by molar-refractivity contribution is 6.22. The number of carbonyl (C=O) groups excluding carboxylic acids is 2. The van der Waals surface area contributed by atoms with Crippen molar-refractivity contribution in [3.8, 4) is 5.75 Å². The first kappa shape index (κ1) is 24.7. The van der Waals surface area contributed by atoms with Crippen molar-refractivity contribution in [2.45, 2.75) is 45.1 Å². The van der Waals surface area contributed by atoms with Gasteiger partial charge in [-0.2, -0.15) is 0 Å². The summed E-state index contributed by atoms with van der Waals surface area (Å²) in [5, 5.41) is 10.9. The Balaban J connectivity index is 1.31. The summed E-state index contributed by atoms with van der Waals surface area (Å²) in [7, 11) is 0. The Morgan fingerprint density at radius 1 is 0.914 bits per heavy atom. The van der Waals surface area contributed by atoms with E-state index in [1.54, 1.807) is 24.3 Å². The summed E-state index contributed by atoms with van der Waals surface area (Å²) in [6.07, 6.45) is 4.72. The van der Waals surface area contributed by atoms with Gasteiger partial charge >= 0.3 is 0 Å². The molecule has 2 aromatic carbocycles. The number of non-ortho nitro benzene ring substituents is 1. The Bertz CT molecular complexity index is 1030. The molecule has 35 heavy (non-hydrogen) atoms. The minimum absolute atomic E-state index is 0.0640. The zero-order valence-corrected chi connectivity index (χ0v) is 20.1. The number of benzene rings is 2. The Hall–Kier alpha value is -3.46. The standard InChI is InChI=1S/C26H32N4O5/c1-2-3-4-5-18-35-23-12-10-21(11-13-23)29-25(31)19-24(26(29)32)28-16-14-27(15-17-28)20-6-8-22(9-7-20)30(33)34/h6-13,24H,2-5,14-19H2,1H3/t24-/m1/s1. The van der Waals surface area contributed by atoms with Crippen LogP contribution in [0, 0.1) is 10.1 Å². The van der Waals surface area contributed by atoms with Crippen molar-refractivity contribution in [1.29, 1.82) is 0 Å². The van der Waals surface area contributed by atoms with Crippen molar-refractivity contribution in [3.05, 3.63) is 58.6 Å². The monoisotopic (exact) mass is 480 g/mol. The third-order valence-electron chi connectivity index (χ3n) is 6.67. The molecule has 0 bridgehead atoms. The van der Waals surface area contributed by atoms with Gasteiger partial charge in [-0.15, -0.1) is 0 Å². The van der Waals surface area contributed by atoms with Gasteiger partial charge < -0.3 is 9.64 Å². The van der Waals surface area contributed by atoms with Crippen molar-refractivity contribution in [3.63, 3.8) is 0 Å². The average molecular weight is 481 g/mol. The molecule has 4 rings (SSSR count). The molecule has 2 amide bonds. The molecule has 186 valence electrons. The van der Waals surface area contributed by atoms with Crippen molar-refractivity contribution in [2.24, 2.45) is 0 Å². The van der Waals surface area contributed by atoms with E-state index in [1.165, 1.54) is 29.9 Å². The third-order valence-corrected chi connectivity index (χ3v) is 6.67. The second-order valence-corrected chi connectivity index (χ2v) is 8.99. The van der Waals surface area contributed by atoms with E-state index in [0.29, 0.717) is 38.5 Å². The van der Waals surface area contributed by atoms with Crippen LogP contribution >= 0.6 is 0 Å². The maximum absolute atomic E-state index is 13.2. The number of nitro benzene ring substituents is 1. The molecule has 1 atom stereocenters. The van der Waals surface area contributed by atoms with E-state index in [2.05, 4.69) is 16.7 Å². The number of unbranched alkanes of at least 4 members (excludes halogenated alkanes) is 3. The quantitative estimate of drug-likeness (QED) is 0.219. The molecule has 0 saturated carbocycles. The maximum Gasteiger partial charge on any atom is 0.269 e. The molecule has 2 aliphatic heterocycles. The molecule has 0 aliphatic carbocycles. The number of amides is 2. The van der Waals surface area contributed by atoms with E-state index in [4.69, 9.17) is 4.74 Å². The normalized spacial score (nSPS) is 18.8. The Kier molecular flexibility index (Phi) is 7.97. The van der Waals surface area contributed by atoms with Gasteiger partial charge in [0.25, 0.3) is 11.6 Å². The molecular weight excluding hydrogens is 448 g/mol. The van der Waals surface area contributed by atoms with Gasteiger partial charge in [-0.05, 0) is 42.8 Å². The van der Waals surface area contributed by atoms with Crippen LogP contribution in [-0.2, 0) is 9.59 Å². The van der Waals surface area contributed by atoms with Gasteiger partial charge in [0.1, 0.15) is 5.75 Å². The van der Waals surface area contributed by atoms with Crippen LogP contribution in [0.1, 0.15) is 39.0 Å². The van der Waals surface area contributed by atoms with E-state index in [1.807, 2.05) is 12.1 Å². The van der Waals surface area contributed by atoms with Crippen LogP contribution < -0.4 is 14.5 Å². The highest BCUT2D eigenvalue weighted by Gasteiger charge is 2.43. The number of nitrogens with zero attached hydrogens (tertiary/aromatic N) is 4. The van der Waals surface area contributed by atoms with Crippen LogP contribution in [-0.4, -0.2) is 60.5 Å². The summed E-state index contributed by atoms with van der Waals surface area (Å²) in [6, 6.07) is 13.2. The average Bonchev–Trinajstić information content (AvgIpc) is 3.18. The first-order valence-electron chi connectivity index (χ1n) is 12.3. The van der Waals surface area contributed by atoms with E-state index in [0.717, 1.165) is 24.3 Å². The molecule has 2 heterocycles. The van der Waals surface area contributed by atoms with E-state index in [-0.39, 0.29) is 23.9 Å². The lowest BCUT2D eigenvalue weighted by Gasteiger charge is -2.38. The van der Waals surface area contributed by atoms with Crippen LogP contribution in [0.4, 0.5) is 17.1 Å². The molecule has 0 aromatic heterocycles. The van der Waals surface area contributed by atoms with E-state index >= 15 is 0 Å². The molecule has 0 spiro atoms. The number of rotatable bonds is 10. The molecule has 9 heteroatoms. The van der Waals surface area contributed by atoms with Crippen LogP contribution in [0.25, 0.3) is 0 Å². The predicted octanol–water partition coefficient (Wildman–Crippen LogP) is 4.01. The summed E-state index contributed by atoms with van der Waals surface area (Å²) in [6.45, 7) is 5.47. The van der Waals surface area contributed by atoms with Crippen molar-refractivity contribution in [1.82, 2.24) is 4.90 Å². The lowest BCUT2D eigenvalue weighted by Crippen LogP contribution is -2.52. The lowest BCUT2D eigenvalue weighted by atomic mass is 10.1. The molecular formula is C26H32N4O5.